The molecule has 2 aromatic carbocycles. The highest BCUT2D eigenvalue weighted by Gasteiger charge is 2.57. The van der Waals surface area contributed by atoms with Gasteiger partial charge in [0.25, 0.3) is 5.91 Å². The SMILES string of the molecule is COc1cc2c(c(S(=O)(=O)C3(CC4CC4)CC3)c1)-c1cc3ccc(C(N)=O)cc3n1CC(C(=O)N1C3CCC1CN(C)C3)=C2. The van der Waals surface area contributed by atoms with E-state index in [1.54, 1.807) is 25.3 Å². The zero-order chi connectivity index (χ0) is 30.5. The normalized spacial score (nSPS) is 24.0. The maximum Gasteiger partial charge on any atom is 0.252 e. The molecule has 0 radical (unpaired) electrons. The van der Waals surface area contributed by atoms with Crippen molar-refractivity contribution in [3.05, 3.63) is 53.1 Å². The highest BCUT2D eigenvalue weighted by Crippen LogP contribution is 2.57. The summed E-state index contributed by atoms with van der Waals surface area (Å²) >= 11 is 0. The van der Waals surface area contributed by atoms with Crippen molar-refractivity contribution < 1.29 is 22.7 Å². The number of benzene rings is 2. The Bertz CT molecular complexity index is 1870. The lowest BCUT2D eigenvalue weighted by atomic mass is 10.0. The molecule has 230 valence electrons. The third-order valence-corrected chi connectivity index (χ3v) is 13.3. The second-order valence-corrected chi connectivity index (χ2v) is 16.0. The number of carbonyl (C=O) groups excluding carboxylic acids is 2. The Morgan fingerprint density at radius 2 is 1.75 bits per heavy atom. The number of methoxy groups -OCH3 is 1. The van der Waals surface area contributed by atoms with Gasteiger partial charge in [0.05, 0.1) is 29.0 Å². The number of carbonyl (C=O) groups is 2. The van der Waals surface area contributed by atoms with Gasteiger partial charge in [0, 0.05) is 52.8 Å². The van der Waals surface area contributed by atoms with Crippen LogP contribution in [-0.4, -0.2) is 78.7 Å². The van der Waals surface area contributed by atoms with E-state index >= 15 is 0 Å². The number of ether oxygens (including phenoxy) is 1. The zero-order valence-electron chi connectivity index (χ0n) is 25.2. The molecule has 2 N–H and O–H groups in total. The van der Waals surface area contributed by atoms with Crippen molar-refractivity contribution in [3.63, 3.8) is 0 Å². The number of hydrogen-bond acceptors (Lipinski definition) is 6. The first-order valence-corrected chi connectivity index (χ1v) is 17.2. The van der Waals surface area contributed by atoms with E-state index in [0.29, 0.717) is 58.9 Å². The van der Waals surface area contributed by atoms with Crippen LogP contribution >= 0.6 is 0 Å². The minimum absolute atomic E-state index is 0.0167. The fourth-order valence-corrected chi connectivity index (χ4v) is 10.4. The summed E-state index contributed by atoms with van der Waals surface area (Å²) in [6, 6.07) is 11.1. The molecule has 10 heteroatoms. The second-order valence-electron chi connectivity index (χ2n) is 13.7. The van der Waals surface area contributed by atoms with E-state index < -0.39 is 20.5 Å². The quantitative estimate of drug-likeness (QED) is 0.426. The lowest BCUT2D eigenvalue weighted by molar-refractivity contribution is -0.132. The summed E-state index contributed by atoms with van der Waals surface area (Å²) in [5.41, 5.74) is 9.32. The van der Waals surface area contributed by atoms with Gasteiger partial charge in [0.15, 0.2) is 9.84 Å². The largest absolute Gasteiger partial charge is 0.497 e. The maximum absolute atomic E-state index is 14.7. The molecule has 2 aliphatic carbocycles. The minimum atomic E-state index is -3.74. The fraction of sp³-hybridized carbons (Fsp3) is 0.471. The van der Waals surface area contributed by atoms with Crippen LogP contribution in [0.2, 0.25) is 0 Å². The summed E-state index contributed by atoms with van der Waals surface area (Å²) in [5.74, 6) is 0.365. The molecule has 2 unspecified atom stereocenters. The van der Waals surface area contributed by atoms with Crippen molar-refractivity contribution in [1.82, 2.24) is 14.4 Å². The van der Waals surface area contributed by atoms with E-state index in [-0.39, 0.29) is 29.4 Å². The van der Waals surface area contributed by atoms with E-state index in [0.717, 1.165) is 49.7 Å². The highest BCUT2D eigenvalue weighted by molar-refractivity contribution is 7.93. The van der Waals surface area contributed by atoms with Gasteiger partial charge >= 0.3 is 0 Å². The number of piperazine rings is 1. The number of amides is 2. The molecule has 2 bridgehead atoms. The maximum atomic E-state index is 14.7. The molecule has 2 atom stereocenters. The van der Waals surface area contributed by atoms with E-state index in [1.807, 2.05) is 28.8 Å². The predicted molar refractivity (Wildman–Crippen MR) is 168 cm³/mol. The lowest BCUT2D eigenvalue weighted by Gasteiger charge is -2.40. The Kier molecular flexibility index (Phi) is 6.14. The molecule has 4 heterocycles. The molecule has 9 nitrogen and oxygen atoms in total. The van der Waals surface area contributed by atoms with E-state index in [2.05, 4.69) is 16.8 Å². The number of likely N-dealkylation sites (tertiary alicyclic amines) is 1. The third kappa shape index (κ3) is 4.24. The topological polar surface area (TPSA) is 115 Å². The van der Waals surface area contributed by atoms with Crippen LogP contribution in [0.15, 0.2) is 46.9 Å². The Morgan fingerprint density at radius 3 is 2.39 bits per heavy atom. The van der Waals surface area contributed by atoms with Gasteiger partial charge in [-0.25, -0.2) is 8.42 Å². The first kappa shape index (κ1) is 27.9. The molecule has 3 aliphatic heterocycles. The van der Waals surface area contributed by atoms with Crippen molar-refractivity contribution in [3.8, 4) is 17.0 Å². The number of nitrogens with zero attached hydrogens (tertiary/aromatic N) is 3. The summed E-state index contributed by atoms with van der Waals surface area (Å²) in [5, 5.41) is 0.850. The van der Waals surface area contributed by atoms with Crippen LogP contribution in [0.25, 0.3) is 28.2 Å². The van der Waals surface area contributed by atoms with Gasteiger partial charge in [-0.15, -0.1) is 0 Å². The summed E-state index contributed by atoms with van der Waals surface area (Å²) < 4.78 is 36.3. The van der Waals surface area contributed by atoms with E-state index in [9.17, 15) is 18.0 Å². The molecule has 2 amide bonds. The highest BCUT2D eigenvalue weighted by atomic mass is 32.2. The zero-order valence-corrected chi connectivity index (χ0v) is 26.0. The third-order valence-electron chi connectivity index (χ3n) is 10.6. The molecule has 2 saturated carbocycles. The van der Waals surface area contributed by atoms with Crippen LogP contribution in [0.5, 0.6) is 5.75 Å². The van der Waals surface area contributed by atoms with Crippen LogP contribution in [0.3, 0.4) is 0 Å². The van der Waals surface area contributed by atoms with Crippen LogP contribution in [0.1, 0.15) is 60.9 Å². The Labute approximate surface area is 257 Å². The molecule has 2 saturated heterocycles. The lowest BCUT2D eigenvalue weighted by Crippen LogP contribution is -2.55. The fourth-order valence-electron chi connectivity index (χ4n) is 8.06. The number of aromatic nitrogens is 1. The van der Waals surface area contributed by atoms with Gasteiger partial charge in [0.2, 0.25) is 5.91 Å². The second kappa shape index (κ2) is 9.68. The molecular weight excluding hydrogens is 576 g/mol. The molecule has 4 fully saturated rings. The molecular formula is C34H38N4O5S. The minimum Gasteiger partial charge on any atom is -0.497 e. The summed E-state index contributed by atoms with van der Waals surface area (Å²) in [7, 11) is -0.0922. The Morgan fingerprint density at radius 1 is 1.02 bits per heavy atom. The Hall–Kier alpha value is -3.63. The van der Waals surface area contributed by atoms with Gasteiger partial charge in [-0.05, 0) is 87.0 Å². The van der Waals surface area contributed by atoms with Gasteiger partial charge < -0.3 is 24.8 Å². The first-order valence-electron chi connectivity index (χ1n) is 15.7. The first-order chi connectivity index (χ1) is 21.1. The number of likely N-dealkylation sites (N-methyl/N-ethyl adjacent to an activating group) is 1. The van der Waals surface area contributed by atoms with Crippen LogP contribution in [0.4, 0.5) is 0 Å². The number of primary amides is 1. The number of rotatable bonds is 7. The van der Waals surface area contributed by atoms with Crippen molar-refractivity contribution in [1.29, 1.82) is 0 Å². The monoisotopic (exact) mass is 614 g/mol. The van der Waals surface area contributed by atoms with Crippen LogP contribution in [0, 0.1) is 5.92 Å². The average Bonchev–Trinajstić information content (AvgIpc) is 3.93. The number of nitrogens with two attached hydrogens (primary N) is 1. The summed E-state index contributed by atoms with van der Waals surface area (Å²) in [6.07, 6.45) is 8.03. The van der Waals surface area contributed by atoms with Gasteiger partial charge in [0.1, 0.15) is 5.75 Å². The average molecular weight is 615 g/mol. The van der Waals surface area contributed by atoms with Crippen LogP contribution < -0.4 is 10.5 Å². The summed E-state index contributed by atoms with van der Waals surface area (Å²) in [6.45, 7) is 1.92. The van der Waals surface area contributed by atoms with Crippen molar-refractivity contribution in [2.45, 2.75) is 73.2 Å². The number of fused-ring (bicyclic) bond motifs is 7. The van der Waals surface area contributed by atoms with Crippen molar-refractivity contribution in [2.75, 3.05) is 27.2 Å². The molecule has 8 rings (SSSR count). The predicted octanol–water partition coefficient (Wildman–Crippen LogP) is 4.22. The van der Waals surface area contributed by atoms with Crippen LogP contribution in [-0.2, 0) is 21.2 Å². The molecule has 0 spiro atoms. The van der Waals surface area contributed by atoms with E-state index in [1.165, 1.54) is 0 Å². The number of hydrogen-bond donors (Lipinski definition) is 1. The summed E-state index contributed by atoms with van der Waals surface area (Å²) in [4.78, 5) is 31.3. The van der Waals surface area contributed by atoms with Crippen molar-refractivity contribution >= 4 is 38.6 Å². The molecule has 3 aromatic rings. The smallest absolute Gasteiger partial charge is 0.252 e. The van der Waals surface area contributed by atoms with Gasteiger partial charge in [-0.2, -0.15) is 0 Å². The Balaban J connectivity index is 1.36. The van der Waals surface area contributed by atoms with Crippen molar-refractivity contribution in [2.24, 2.45) is 11.7 Å². The molecule has 1 aromatic heterocycles. The van der Waals surface area contributed by atoms with Gasteiger partial charge in [-0.1, -0.05) is 18.9 Å². The number of sulfone groups is 1. The standard InChI is InChI=1S/C34H38N4O5S/c1-36-18-25-7-8-26(19-36)38(25)33(40)24-11-23-12-27(43-2)15-30(44(41,42)34(9-10-34)16-20-3-4-20)31(23)29-13-21-5-6-22(32(35)39)14-28(21)37(29)17-24/h5-6,11-15,20,25-26H,3-4,7-10,16-19H2,1-2H3,(H2,35,39). The molecule has 44 heavy (non-hydrogen) atoms. The molecule has 5 aliphatic rings. The van der Waals surface area contributed by atoms with Gasteiger partial charge in [-0.3, -0.25) is 9.59 Å². The van der Waals surface area contributed by atoms with E-state index in [4.69, 9.17) is 10.5 Å².